The van der Waals surface area contributed by atoms with Crippen LogP contribution < -0.4 is 0 Å². The van der Waals surface area contributed by atoms with Crippen molar-refractivity contribution in [3.8, 4) is 0 Å². The van der Waals surface area contributed by atoms with Crippen molar-refractivity contribution in [2.45, 2.75) is 32.6 Å². The first-order valence-electron chi connectivity index (χ1n) is 6.57. The average molecular weight is 266 g/mol. The highest BCUT2D eigenvalue weighted by molar-refractivity contribution is 5.94. The van der Waals surface area contributed by atoms with Crippen LogP contribution in [-0.4, -0.2) is 41.6 Å². The molecular formula is C13H18N2O4. The fourth-order valence-electron chi connectivity index (χ4n) is 1.80. The zero-order valence-electron chi connectivity index (χ0n) is 11.2. The van der Waals surface area contributed by atoms with Gasteiger partial charge < -0.3 is 14.2 Å². The molecule has 1 aliphatic carbocycles. The highest BCUT2D eigenvalue weighted by Gasteiger charge is 2.30. The van der Waals surface area contributed by atoms with Gasteiger partial charge in [0.15, 0.2) is 5.69 Å². The third-order valence-corrected chi connectivity index (χ3v) is 3.02. The van der Waals surface area contributed by atoms with Crippen LogP contribution in [0, 0.1) is 0 Å². The zero-order chi connectivity index (χ0) is 13.8. The van der Waals surface area contributed by atoms with E-state index in [1.54, 1.807) is 19.9 Å². The van der Waals surface area contributed by atoms with E-state index in [2.05, 4.69) is 5.16 Å². The van der Waals surface area contributed by atoms with Crippen LogP contribution in [0.5, 0.6) is 0 Å². The minimum atomic E-state index is -0.413. The van der Waals surface area contributed by atoms with Crippen LogP contribution in [0.25, 0.3) is 0 Å². The molecule has 1 aromatic rings. The summed E-state index contributed by atoms with van der Waals surface area (Å²) in [6.45, 7) is 4.20. The Labute approximate surface area is 111 Å². The van der Waals surface area contributed by atoms with Crippen LogP contribution in [0.15, 0.2) is 10.6 Å². The van der Waals surface area contributed by atoms with E-state index in [-0.39, 0.29) is 18.1 Å². The number of esters is 1. The quantitative estimate of drug-likeness (QED) is 0.731. The van der Waals surface area contributed by atoms with Gasteiger partial charge in [-0.2, -0.15) is 0 Å². The highest BCUT2D eigenvalue weighted by Crippen LogP contribution is 2.40. The molecule has 0 unspecified atom stereocenters. The molecule has 0 aliphatic heterocycles. The Morgan fingerprint density at radius 1 is 1.47 bits per heavy atom. The summed E-state index contributed by atoms with van der Waals surface area (Å²) in [6, 6.07) is 1.67. The molecule has 6 heteroatoms. The van der Waals surface area contributed by atoms with Crippen molar-refractivity contribution in [3.63, 3.8) is 0 Å². The molecule has 1 fully saturated rings. The normalized spacial score (nSPS) is 14.2. The average Bonchev–Trinajstić information content (AvgIpc) is 3.13. The van der Waals surface area contributed by atoms with Crippen molar-refractivity contribution in [2.24, 2.45) is 0 Å². The molecule has 2 rings (SSSR count). The van der Waals surface area contributed by atoms with Crippen molar-refractivity contribution in [3.05, 3.63) is 17.5 Å². The standard InChI is InChI=1S/C13H18N2O4/c1-3-15(8-12(16)18-4-2)13(17)10-7-11(19-14-10)9-5-6-9/h7,9H,3-6,8H2,1-2H3. The minimum Gasteiger partial charge on any atom is -0.465 e. The Morgan fingerprint density at radius 2 is 2.21 bits per heavy atom. The summed E-state index contributed by atoms with van der Waals surface area (Å²) in [5.74, 6) is 0.458. The molecule has 0 saturated heterocycles. The molecule has 19 heavy (non-hydrogen) atoms. The first-order valence-corrected chi connectivity index (χ1v) is 6.57. The van der Waals surface area contributed by atoms with E-state index in [1.807, 2.05) is 0 Å². The van der Waals surface area contributed by atoms with E-state index in [0.717, 1.165) is 18.6 Å². The van der Waals surface area contributed by atoms with Crippen LogP contribution in [0.4, 0.5) is 0 Å². The number of carbonyl (C=O) groups excluding carboxylic acids is 2. The second-order valence-electron chi connectivity index (χ2n) is 4.51. The number of carbonyl (C=O) groups is 2. The Hall–Kier alpha value is -1.85. The molecule has 104 valence electrons. The van der Waals surface area contributed by atoms with Crippen LogP contribution in [-0.2, 0) is 9.53 Å². The number of rotatable bonds is 6. The minimum absolute atomic E-state index is 0.0607. The second kappa shape index (κ2) is 5.86. The summed E-state index contributed by atoms with van der Waals surface area (Å²) in [4.78, 5) is 25.0. The molecule has 6 nitrogen and oxygen atoms in total. The Kier molecular flexibility index (Phi) is 4.19. The van der Waals surface area contributed by atoms with Gasteiger partial charge in [0.05, 0.1) is 6.61 Å². The van der Waals surface area contributed by atoms with Crippen molar-refractivity contribution in [1.29, 1.82) is 0 Å². The molecule has 0 atom stereocenters. The number of hydrogen-bond donors (Lipinski definition) is 0. The van der Waals surface area contributed by atoms with Gasteiger partial charge in [-0.3, -0.25) is 9.59 Å². The first-order chi connectivity index (χ1) is 9.15. The number of nitrogens with zero attached hydrogens (tertiary/aromatic N) is 2. The zero-order valence-corrected chi connectivity index (χ0v) is 11.2. The van der Waals surface area contributed by atoms with E-state index in [9.17, 15) is 9.59 Å². The Balaban J connectivity index is 2.00. The molecule has 1 heterocycles. The van der Waals surface area contributed by atoms with Crippen molar-refractivity contribution >= 4 is 11.9 Å². The number of amides is 1. The van der Waals surface area contributed by atoms with Crippen LogP contribution in [0.1, 0.15) is 48.9 Å². The summed E-state index contributed by atoms with van der Waals surface area (Å²) in [7, 11) is 0. The first kappa shape index (κ1) is 13.6. The lowest BCUT2D eigenvalue weighted by atomic mass is 10.2. The largest absolute Gasteiger partial charge is 0.465 e. The number of ether oxygens (including phenoxy) is 1. The van der Waals surface area contributed by atoms with Gasteiger partial charge in [-0.15, -0.1) is 0 Å². The lowest BCUT2D eigenvalue weighted by molar-refractivity contribution is -0.143. The predicted octanol–water partition coefficient (Wildman–Crippen LogP) is 1.58. The Morgan fingerprint density at radius 3 is 2.79 bits per heavy atom. The van der Waals surface area contributed by atoms with Gasteiger partial charge in [0.1, 0.15) is 12.3 Å². The van der Waals surface area contributed by atoms with Crippen LogP contribution >= 0.6 is 0 Å². The van der Waals surface area contributed by atoms with Gasteiger partial charge in [0, 0.05) is 18.5 Å². The highest BCUT2D eigenvalue weighted by atomic mass is 16.5. The van der Waals surface area contributed by atoms with E-state index < -0.39 is 5.97 Å². The molecule has 1 amide bonds. The van der Waals surface area contributed by atoms with Gasteiger partial charge in [-0.05, 0) is 26.7 Å². The molecule has 0 bridgehead atoms. The molecule has 1 aliphatic rings. The molecule has 0 aromatic carbocycles. The second-order valence-corrected chi connectivity index (χ2v) is 4.51. The number of hydrogen-bond acceptors (Lipinski definition) is 5. The van der Waals surface area contributed by atoms with Crippen LogP contribution in [0.3, 0.4) is 0 Å². The van der Waals surface area contributed by atoms with Gasteiger partial charge in [-0.25, -0.2) is 0 Å². The van der Waals surface area contributed by atoms with Crippen LogP contribution in [0.2, 0.25) is 0 Å². The summed E-state index contributed by atoms with van der Waals surface area (Å²) in [5.41, 5.74) is 0.257. The summed E-state index contributed by atoms with van der Waals surface area (Å²) < 4.78 is 9.98. The smallest absolute Gasteiger partial charge is 0.325 e. The lowest BCUT2D eigenvalue weighted by Crippen LogP contribution is -2.36. The van der Waals surface area contributed by atoms with Gasteiger partial charge in [-0.1, -0.05) is 5.16 Å². The van der Waals surface area contributed by atoms with E-state index in [0.29, 0.717) is 19.1 Å². The van der Waals surface area contributed by atoms with E-state index >= 15 is 0 Å². The number of aromatic nitrogens is 1. The van der Waals surface area contributed by atoms with Crippen molar-refractivity contribution in [2.75, 3.05) is 19.7 Å². The van der Waals surface area contributed by atoms with E-state index in [4.69, 9.17) is 9.26 Å². The monoisotopic (exact) mass is 266 g/mol. The fraction of sp³-hybridized carbons (Fsp3) is 0.615. The predicted molar refractivity (Wildman–Crippen MR) is 66.7 cm³/mol. The number of likely N-dealkylation sites (N-methyl/N-ethyl adjacent to an activating group) is 1. The molecular weight excluding hydrogens is 248 g/mol. The maximum atomic E-state index is 12.2. The summed E-state index contributed by atoms with van der Waals surface area (Å²) in [6.07, 6.45) is 2.17. The SMILES string of the molecule is CCOC(=O)CN(CC)C(=O)c1cc(C2CC2)on1. The fourth-order valence-corrected chi connectivity index (χ4v) is 1.80. The lowest BCUT2D eigenvalue weighted by Gasteiger charge is -2.18. The van der Waals surface area contributed by atoms with Crippen molar-refractivity contribution < 1.29 is 18.8 Å². The third kappa shape index (κ3) is 3.33. The van der Waals surface area contributed by atoms with Crippen molar-refractivity contribution in [1.82, 2.24) is 10.1 Å². The molecule has 1 saturated carbocycles. The van der Waals surface area contributed by atoms with E-state index in [1.165, 1.54) is 4.90 Å². The maximum absolute atomic E-state index is 12.2. The van der Waals surface area contributed by atoms with Gasteiger partial charge in [0.2, 0.25) is 0 Å². The van der Waals surface area contributed by atoms with Gasteiger partial charge in [0.25, 0.3) is 5.91 Å². The molecule has 1 aromatic heterocycles. The third-order valence-electron chi connectivity index (χ3n) is 3.02. The molecule has 0 spiro atoms. The Bertz CT molecular complexity index is 465. The van der Waals surface area contributed by atoms with Gasteiger partial charge >= 0.3 is 5.97 Å². The maximum Gasteiger partial charge on any atom is 0.325 e. The molecule has 0 N–H and O–H groups in total. The topological polar surface area (TPSA) is 72.6 Å². The summed E-state index contributed by atoms with van der Waals surface area (Å²) >= 11 is 0. The summed E-state index contributed by atoms with van der Waals surface area (Å²) in [5, 5.41) is 3.78. The molecule has 0 radical (unpaired) electrons.